The second-order valence-corrected chi connectivity index (χ2v) is 5.43. The number of rotatable bonds is 9. The second-order valence-electron chi connectivity index (χ2n) is 5.43. The van der Waals surface area contributed by atoms with Crippen molar-refractivity contribution < 1.29 is 9.53 Å². The maximum atomic E-state index is 11.7. The third-order valence-corrected chi connectivity index (χ3v) is 2.96. The van der Waals surface area contributed by atoms with Gasteiger partial charge in [-0.2, -0.15) is 0 Å². The lowest BCUT2D eigenvalue weighted by molar-refractivity contribution is -0.123. The van der Waals surface area contributed by atoms with E-state index in [1.165, 1.54) is 0 Å². The quantitative estimate of drug-likeness (QED) is 0.685. The molecule has 5 nitrogen and oxygen atoms in total. The summed E-state index contributed by atoms with van der Waals surface area (Å²) in [5, 5.41) is 6.15. The molecule has 2 N–H and O–H groups in total. The summed E-state index contributed by atoms with van der Waals surface area (Å²) in [7, 11) is 0. The molecule has 5 heteroatoms. The molecule has 0 fully saturated rings. The van der Waals surface area contributed by atoms with Gasteiger partial charge < -0.3 is 15.4 Å². The Morgan fingerprint density at radius 3 is 2.81 bits per heavy atom. The van der Waals surface area contributed by atoms with Crippen LogP contribution in [0.15, 0.2) is 12.1 Å². The van der Waals surface area contributed by atoms with Crippen molar-refractivity contribution in [3.63, 3.8) is 0 Å². The first-order chi connectivity index (χ1) is 10.0. The van der Waals surface area contributed by atoms with Crippen molar-refractivity contribution >= 4 is 5.91 Å². The van der Waals surface area contributed by atoms with Crippen molar-refractivity contribution in [1.29, 1.82) is 0 Å². The van der Waals surface area contributed by atoms with Gasteiger partial charge in [0.15, 0.2) is 6.61 Å². The fourth-order valence-corrected chi connectivity index (χ4v) is 1.76. The number of nitrogens with one attached hydrogen (secondary N) is 2. The van der Waals surface area contributed by atoms with E-state index in [0.29, 0.717) is 24.9 Å². The number of aromatic nitrogens is 1. The van der Waals surface area contributed by atoms with Crippen molar-refractivity contribution in [2.24, 2.45) is 0 Å². The molecule has 0 atom stereocenters. The van der Waals surface area contributed by atoms with Gasteiger partial charge in [-0.15, -0.1) is 0 Å². The molecule has 118 valence electrons. The van der Waals surface area contributed by atoms with Gasteiger partial charge in [0.05, 0.1) is 5.69 Å². The van der Waals surface area contributed by atoms with Gasteiger partial charge in [-0.1, -0.05) is 27.2 Å². The first kappa shape index (κ1) is 17.4. The number of hydrogen-bond acceptors (Lipinski definition) is 4. The topological polar surface area (TPSA) is 63.2 Å². The van der Waals surface area contributed by atoms with Crippen LogP contribution in [0.3, 0.4) is 0 Å². The average molecular weight is 293 g/mol. The summed E-state index contributed by atoms with van der Waals surface area (Å²) in [6.07, 6.45) is 2.05. The van der Waals surface area contributed by atoms with Crippen LogP contribution in [-0.4, -0.2) is 30.1 Å². The van der Waals surface area contributed by atoms with E-state index in [0.717, 1.165) is 24.2 Å². The van der Waals surface area contributed by atoms with Gasteiger partial charge in [0, 0.05) is 24.8 Å². The van der Waals surface area contributed by atoms with Crippen molar-refractivity contribution in [1.82, 2.24) is 15.6 Å². The first-order valence-corrected chi connectivity index (χ1v) is 7.62. The Labute approximate surface area is 127 Å². The third-order valence-electron chi connectivity index (χ3n) is 2.96. The largest absolute Gasteiger partial charge is 0.482 e. The molecule has 1 aromatic heterocycles. The molecule has 1 aromatic rings. The number of hydrogen-bond donors (Lipinski definition) is 2. The van der Waals surface area contributed by atoms with E-state index in [2.05, 4.69) is 36.4 Å². The molecular formula is C16H27N3O2. The summed E-state index contributed by atoms with van der Waals surface area (Å²) in [6.45, 7) is 9.56. The third kappa shape index (κ3) is 7.09. The van der Waals surface area contributed by atoms with Crippen LogP contribution < -0.4 is 15.4 Å². The summed E-state index contributed by atoms with van der Waals surface area (Å²) < 4.78 is 5.60. The Balaban J connectivity index is 2.55. The highest BCUT2D eigenvalue weighted by molar-refractivity contribution is 5.77. The summed E-state index contributed by atoms with van der Waals surface area (Å²) in [5.74, 6) is 0.575. The van der Waals surface area contributed by atoms with E-state index in [4.69, 9.17) is 4.74 Å². The minimum atomic E-state index is -0.0909. The number of nitrogens with zero attached hydrogens (tertiary/aromatic N) is 1. The lowest BCUT2D eigenvalue weighted by Gasteiger charge is -2.13. The number of aryl methyl sites for hydroxylation is 1. The molecule has 21 heavy (non-hydrogen) atoms. The Bertz CT molecular complexity index is 447. The lowest BCUT2D eigenvalue weighted by atomic mass is 10.2. The van der Waals surface area contributed by atoms with Crippen LogP contribution in [0.5, 0.6) is 5.75 Å². The number of unbranched alkanes of at least 4 members (excludes halogenated alkanes) is 1. The normalized spacial score (nSPS) is 10.7. The number of carbonyl (C=O) groups excluding carboxylic acids is 1. The molecule has 1 rings (SSSR count). The SMILES string of the molecule is CCCCNC(=O)COc1ccc(C)nc1CNC(C)C. The maximum Gasteiger partial charge on any atom is 0.257 e. The smallest absolute Gasteiger partial charge is 0.257 e. The summed E-state index contributed by atoms with van der Waals surface area (Å²) in [6, 6.07) is 4.14. The monoisotopic (exact) mass is 293 g/mol. The van der Waals surface area contributed by atoms with Crippen molar-refractivity contribution in [3.8, 4) is 5.75 Å². The predicted octanol–water partition coefficient (Wildman–Crippen LogP) is 2.18. The number of ether oxygens (including phenoxy) is 1. The number of carbonyl (C=O) groups is 1. The van der Waals surface area contributed by atoms with Gasteiger partial charge in [-0.3, -0.25) is 9.78 Å². The van der Waals surface area contributed by atoms with Crippen LogP contribution in [-0.2, 0) is 11.3 Å². The average Bonchev–Trinajstić information content (AvgIpc) is 2.44. The molecule has 1 heterocycles. The highest BCUT2D eigenvalue weighted by Gasteiger charge is 2.09. The zero-order valence-corrected chi connectivity index (χ0v) is 13.5. The molecule has 0 aliphatic carbocycles. The van der Waals surface area contributed by atoms with E-state index < -0.39 is 0 Å². The Morgan fingerprint density at radius 2 is 2.14 bits per heavy atom. The van der Waals surface area contributed by atoms with Crippen LogP contribution in [0, 0.1) is 6.92 Å². The molecule has 0 bridgehead atoms. The summed E-state index contributed by atoms with van der Waals surface area (Å²) >= 11 is 0. The van der Waals surface area contributed by atoms with E-state index >= 15 is 0 Å². The van der Waals surface area contributed by atoms with Gasteiger partial charge in [-0.05, 0) is 25.5 Å². The van der Waals surface area contributed by atoms with Crippen LogP contribution in [0.2, 0.25) is 0 Å². The minimum Gasteiger partial charge on any atom is -0.482 e. The summed E-state index contributed by atoms with van der Waals surface area (Å²) in [5.41, 5.74) is 1.78. The number of amides is 1. The van der Waals surface area contributed by atoms with Crippen LogP contribution in [0.25, 0.3) is 0 Å². The molecule has 1 amide bonds. The zero-order chi connectivity index (χ0) is 15.7. The summed E-state index contributed by atoms with van der Waals surface area (Å²) in [4.78, 5) is 16.1. The second kappa shape index (κ2) is 9.34. The van der Waals surface area contributed by atoms with E-state index in [-0.39, 0.29) is 12.5 Å². The van der Waals surface area contributed by atoms with E-state index in [1.54, 1.807) is 0 Å². The van der Waals surface area contributed by atoms with Crippen molar-refractivity contribution in [3.05, 3.63) is 23.5 Å². The Kier molecular flexibility index (Phi) is 7.75. The Morgan fingerprint density at radius 1 is 1.38 bits per heavy atom. The maximum absolute atomic E-state index is 11.7. The molecule has 0 aliphatic rings. The minimum absolute atomic E-state index is 0.0309. The first-order valence-electron chi connectivity index (χ1n) is 7.62. The number of pyridine rings is 1. The molecule has 0 aliphatic heterocycles. The molecule has 0 aromatic carbocycles. The van der Waals surface area contributed by atoms with Gasteiger partial charge in [0.1, 0.15) is 5.75 Å². The molecule has 0 saturated carbocycles. The highest BCUT2D eigenvalue weighted by Crippen LogP contribution is 2.17. The lowest BCUT2D eigenvalue weighted by Crippen LogP contribution is -2.30. The van der Waals surface area contributed by atoms with Crippen LogP contribution in [0.1, 0.15) is 45.0 Å². The standard InChI is InChI=1S/C16H27N3O2/c1-5-6-9-17-16(20)11-21-15-8-7-13(4)19-14(15)10-18-12(2)3/h7-8,12,18H,5-6,9-11H2,1-4H3,(H,17,20). The van der Waals surface area contributed by atoms with Crippen molar-refractivity contribution in [2.75, 3.05) is 13.2 Å². The molecule has 0 radical (unpaired) electrons. The highest BCUT2D eigenvalue weighted by atomic mass is 16.5. The zero-order valence-electron chi connectivity index (χ0n) is 13.5. The van der Waals surface area contributed by atoms with Gasteiger partial charge in [-0.25, -0.2) is 0 Å². The molecule has 0 unspecified atom stereocenters. The Hall–Kier alpha value is -1.62. The van der Waals surface area contributed by atoms with Crippen LogP contribution in [0.4, 0.5) is 0 Å². The van der Waals surface area contributed by atoms with Gasteiger partial charge in [0.2, 0.25) is 0 Å². The van der Waals surface area contributed by atoms with Gasteiger partial charge in [0.25, 0.3) is 5.91 Å². The molecule has 0 saturated heterocycles. The van der Waals surface area contributed by atoms with E-state index in [9.17, 15) is 4.79 Å². The van der Waals surface area contributed by atoms with E-state index in [1.807, 2.05) is 19.1 Å². The van der Waals surface area contributed by atoms with Crippen LogP contribution >= 0.6 is 0 Å². The van der Waals surface area contributed by atoms with Gasteiger partial charge >= 0.3 is 0 Å². The fourth-order valence-electron chi connectivity index (χ4n) is 1.76. The van der Waals surface area contributed by atoms with Crippen molar-refractivity contribution in [2.45, 2.75) is 53.1 Å². The molecule has 0 spiro atoms. The predicted molar refractivity (Wildman–Crippen MR) is 84.4 cm³/mol. The fraction of sp³-hybridized carbons (Fsp3) is 0.625. The molecular weight excluding hydrogens is 266 g/mol.